The fraction of sp³-hybridized carbons (Fsp3) is 0.571. The number of rotatable bonds is 7. The molecule has 1 aliphatic rings. The maximum Gasteiger partial charge on any atom is 0.0945 e. The standard InChI is InChI=1S/C14H19BrClNO3/c15-10-3-4-13(16)14(6-10)17-7-11(18)8-19-9-12-2-1-5-20-12/h3-4,6,11-12,17-18H,1-2,5,7-9H2. The Hall–Kier alpha value is -0.330. The highest BCUT2D eigenvalue weighted by Gasteiger charge is 2.16. The van der Waals surface area contributed by atoms with Crippen LogP contribution < -0.4 is 5.32 Å². The largest absolute Gasteiger partial charge is 0.389 e. The first-order chi connectivity index (χ1) is 9.65. The van der Waals surface area contributed by atoms with Crippen molar-refractivity contribution in [2.45, 2.75) is 25.0 Å². The highest BCUT2D eigenvalue weighted by molar-refractivity contribution is 9.10. The number of benzene rings is 1. The smallest absolute Gasteiger partial charge is 0.0945 e. The second-order valence-electron chi connectivity index (χ2n) is 4.83. The molecule has 0 saturated carbocycles. The van der Waals surface area contributed by atoms with Gasteiger partial charge in [-0.25, -0.2) is 0 Å². The van der Waals surface area contributed by atoms with Crippen molar-refractivity contribution < 1.29 is 14.6 Å². The van der Waals surface area contributed by atoms with Crippen LogP contribution in [-0.2, 0) is 9.47 Å². The van der Waals surface area contributed by atoms with Crippen LogP contribution in [0.5, 0.6) is 0 Å². The fourth-order valence-electron chi connectivity index (χ4n) is 2.03. The van der Waals surface area contributed by atoms with Gasteiger partial charge in [0, 0.05) is 17.6 Å². The molecule has 1 aromatic rings. The lowest BCUT2D eigenvalue weighted by molar-refractivity contribution is -0.0137. The molecule has 0 bridgehead atoms. The highest BCUT2D eigenvalue weighted by atomic mass is 79.9. The summed E-state index contributed by atoms with van der Waals surface area (Å²) in [6.07, 6.45) is 1.75. The Balaban J connectivity index is 1.66. The van der Waals surface area contributed by atoms with E-state index in [1.807, 2.05) is 12.1 Å². The summed E-state index contributed by atoms with van der Waals surface area (Å²) in [4.78, 5) is 0. The number of hydrogen-bond acceptors (Lipinski definition) is 4. The Bertz CT molecular complexity index is 427. The molecule has 0 amide bonds. The van der Waals surface area contributed by atoms with E-state index in [-0.39, 0.29) is 6.10 Å². The first kappa shape index (κ1) is 16.0. The zero-order valence-electron chi connectivity index (χ0n) is 11.1. The minimum atomic E-state index is -0.577. The predicted molar refractivity (Wildman–Crippen MR) is 83.4 cm³/mol. The van der Waals surface area contributed by atoms with Gasteiger partial charge < -0.3 is 19.9 Å². The molecule has 6 heteroatoms. The molecule has 1 aromatic carbocycles. The molecule has 4 nitrogen and oxygen atoms in total. The van der Waals surface area contributed by atoms with Gasteiger partial charge in [0.05, 0.1) is 36.1 Å². The molecule has 0 spiro atoms. The number of nitrogens with one attached hydrogen (secondary N) is 1. The third-order valence-corrected chi connectivity index (χ3v) is 3.92. The highest BCUT2D eigenvalue weighted by Crippen LogP contribution is 2.25. The Morgan fingerprint density at radius 3 is 3.15 bits per heavy atom. The molecule has 1 aliphatic heterocycles. The fourth-order valence-corrected chi connectivity index (χ4v) is 2.58. The van der Waals surface area contributed by atoms with E-state index in [1.165, 1.54) is 0 Å². The first-order valence-corrected chi connectivity index (χ1v) is 7.88. The summed E-state index contributed by atoms with van der Waals surface area (Å²) in [7, 11) is 0. The lowest BCUT2D eigenvalue weighted by atomic mass is 10.2. The molecule has 2 rings (SSSR count). The van der Waals surface area contributed by atoms with Crippen LogP contribution in [-0.4, -0.2) is 43.7 Å². The number of aliphatic hydroxyl groups is 1. The summed E-state index contributed by atoms with van der Waals surface area (Å²) in [6, 6.07) is 5.55. The van der Waals surface area contributed by atoms with E-state index in [0.29, 0.717) is 24.8 Å². The van der Waals surface area contributed by atoms with E-state index < -0.39 is 6.10 Å². The van der Waals surface area contributed by atoms with Gasteiger partial charge in [0.15, 0.2) is 0 Å². The van der Waals surface area contributed by atoms with E-state index in [2.05, 4.69) is 21.2 Å². The van der Waals surface area contributed by atoms with Crippen molar-refractivity contribution in [1.29, 1.82) is 0 Å². The molecule has 0 aromatic heterocycles. The van der Waals surface area contributed by atoms with Crippen LogP contribution >= 0.6 is 27.5 Å². The van der Waals surface area contributed by atoms with Gasteiger partial charge >= 0.3 is 0 Å². The summed E-state index contributed by atoms with van der Waals surface area (Å²) < 4.78 is 11.9. The van der Waals surface area contributed by atoms with E-state index >= 15 is 0 Å². The zero-order chi connectivity index (χ0) is 14.4. The quantitative estimate of drug-likeness (QED) is 0.781. The first-order valence-electron chi connectivity index (χ1n) is 6.71. The molecule has 2 N–H and O–H groups in total. The van der Waals surface area contributed by atoms with E-state index in [0.717, 1.165) is 29.6 Å². The second-order valence-corrected chi connectivity index (χ2v) is 6.15. The summed E-state index contributed by atoms with van der Waals surface area (Å²) in [5.41, 5.74) is 0.791. The van der Waals surface area contributed by atoms with Crippen LogP contribution in [0.1, 0.15) is 12.8 Å². The number of aliphatic hydroxyl groups excluding tert-OH is 1. The molecular formula is C14H19BrClNO3. The van der Waals surface area contributed by atoms with E-state index in [9.17, 15) is 5.11 Å². The number of halogens is 2. The maximum absolute atomic E-state index is 9.86. The van der Waals surface area contributed by atoms with E-state index in [1.54, 1.807) is 6.07 Å². The van der Waals surface area contributed by atoms with Crippen molar-refractivity contribution in [1.82, 2.24) is 0 Å². The molecule has 0 radical (unpaired) electrons. The number of hydrogen-bond donors (Lipinski definition) is 2. The van der Waals surface area contributed by atoms with Crippen molar-refractivity contribution in [3.8, 4) is 0 Å². The van der Waals surface area contributed by atoms with Gasteiger partial charge in [0.25, 0.3) is 0 Å². The van der Waals surface area contributed by atoms with Crippen LogP contribution in [0.25, 0.3) is 0 Å². The van der Waals surface area contributed by atoms with Crippen LogP contribution in [0, 0.1) is 0 Å². The maximum atomic E-state index is 9.86. The van der Waals surface area contributed by atoms with Gasteiger partial charge in [-0.15, -0.1) is 0 Å². The van der Waals surface area contributed by atoms with Gasteiger partial charge in [0.2, 0.25) is 0 Å². The zero-order valence-corrected chi connectivity index (χ0v) is 13.5. The van der Waals surface area contributed by atoms with Crippen LogP contribution in [0.3, 0.4) is 0 Å². The minimum absolute atomic E-state index is 0.190. The summed E-state index contributed by atoms with van der Waals surface area (Å²) in [5, 5.41) is 13.6. The lowest BCUT2D eigenvalue weighted by Gasteiger charge is -2.16. The lowest BCUT2D eigenvalue weighted by Crippen LogP contribution is -2.27. The van der Waals surface area contributed by atoms with E-state index in [4.69, 9.17) is 21.1 Å². The van der Waals surface area contributed by atoms with Gasteiger partial charge in [0.1, 0.15) is 0 Å². The van der Waals surface area contributed by atoms with Crippen molar-refractivity contribution in [2.75, 3.05) is 31.7 Å². The van der Waals surface area contributed by atoms with Crippen molar-refractivity contribution >= 4 is 33.2 Å². The third kappa shape index (κ3) is 5.22. The number of anilines is 1. The molecule has 0 aliphatic carbocycles. The molecular weight excluding hydrogens is 346 g/mol. The summed E-state index contributed by atoms with van der Waals surface area (Å²) in [6.45, 7) is 2.05. The molecule has 2 unspecified atom stereocenters. The number of ether oxygens (including phenoxy) is 2. The summed E-state index contributed by atoms with van der Waals surface area (Å²) >= 11 is 9.44. The van der Waals surface area contributed by atoms with Crippen molar-refractivity contribution in [3.05, 3.63) is 27.7 Å². The molecule has 1 heterocycles. The molecule has 112 valence electrons. The van der Waals surface area contributed by atoms with Crippen molar-refractivity contribution in [3.63, 3.8) is 0 Å². The van der Waals surface area contributed by atoms with Gasteiger partial charge in [-0.1, -0.05) is 27.5 Å². The predicted octanol–water partition coefficient (Wildman–Crippen LogP) is 3.07. The average molecular weight is 365 g/mol. The van der Waals surface area contributed by atoms with Gasteiger partial charge in [-0.05, 0) is 31.0 Å². The molecule has 1 fully saturated rings. The Morgan fingerprint density at radius 2 is 2.40 bits per heavy atom. The topological polar surface area (TPSA) is 50.7 Å². The van der Waals surface area contributed by atoms with Gasteiger partial charge in [-0.3, -0.25) is 0 Å². The van der Waals surface area contributed by atoms with Crippen LogP contribution in [0.15, 0.2) is 22.7 Å². The van der Waals surface area contributed by atoms with Crippen LogP contribution in [0.4, 0.5) is 5.69 Å². The SMILES string of the molecule is OC(CNc1cc(Br)ccc1Cl)COCC1CCCO1. The molecule has 1 saturated heterocycles. The Kier molecular flexibility index (Phi) is 6.58. The van der Waals surface area contributed by atoms with Crippen molar-refractivity contribution in [2.24, 2.45) is 0 Å². The second kappa shape index (κ2) is 8.20. The molecule has 20 heavy (non-hydrogen) atoms. The average Bonchev–Trinajstić information content (AvgIpc) is 2.93. The summed E-state index contributed by atoms with van der Waals surface area (Å²) in [5.74, 6) is 0. The minimum Gasteiger partial charge on any atom is -0.389 e. The molecule has 2 atom stereocenters. The van der Waals surface area contributed by atoms with Gasteiger partial charge in [-0.2, -0.15) is 0 Å². The third-order valence-electron chi connectivity index (χ3n) is 3.09. The normalized spacial score (nSPS) is 20.1. The Morgan fingerprint density at radius 1 is 1.55 bits per heavy atom. The Labute approximate surface area is 132 Å². The monoisotopic (exact) mass is 363 g/mol. The van der Waals surface area contributed by atoms with Crippen LogP contribution in [0.2, 0.25) is 5.02 Å².